The summed E-state index contributed by atoms with van der Waals surface area (Å²) in [6, 6.07) is 9.75. The van der Waals surface area contributed by atoms with Gasteiger partial charge in [-0.15, -0.1) is 0 Å². The van der Waals surface area contributed by atoms with Crippen molar-refractivity contribution in [3.05, 3.63) is 52.8 Å². The highest BCUT2D eigenvalue weighted by Gasteiger charge is 2.32. The molecule has 0 unspecified atom stereocenters. The van der Waals surface area contributed by atoms with Gasteiger partial charge in [-0.05, 0) is 73.1 Å². The van der Waals surface area contributed by atoms with Gasteiger partial charge in [0.1, 0.15) is 17.2 Å². The molecule has 3 aromatic rings. The van der Waals surface area contributed by atoms with Gasteiger partial charge in [0, 0.05) is 29.6 Å². The van der Waals surface area contributed by atoms with Gasteiger partial charge >= 0.3 is 0 Å². The molecule has 1 aliphatic carbocycles. The lowest BCUT2D eigenvalue weighted by Gasteiger charge is -2.34. The molecule has 0 radical (unpaired) electrons. The molecule has 8 heteroatoms. The van der Waals surface area contributed by atoms with Crippen molar-refractivity contribution < 1.29 is 0 Å². The molecule has 154 valence electrons. The van der Waals surface area contributed by atoms with Crippen molar-refractivity contribution in [2.45, 2.75) is 38.1 Å². The maximum absolute atomic E-state index is 8.96. The Labute approximate surface area is 184 Å². The van der Waals surface area contributed by atoms with Crippen LogP contribution in [0.1, 0.15) is 42.9 Å². The van der Waals surface area contributed by atoms with E-state index in [1.165, 1.54) is 11.5 Å². The predicted octanol–water partition coefficient (Wildman–Crippen LogP) is 5.18. The molecule has 2 aliphatic rings. The molecule has 0 spiro atoms. The molecule has 3 heterocycles. The Morgan fingerprint density at radius 2 is 2.00 bits per heavy atom. The predicted molar refractivity (Wildman–Crippen MR) is 123 cm³/mol. The number of hydrogen-bond acceptors (Lipinski definition) is 6. The first kappa shape index (κ1) is 19.6. The number of pyridine rings is 1. The summed E-state index contributed by atoms with van der Waals surface area (Å²) in [5.74, 6) is 1.47. The first-order valence-electron chi connectivity index (χ1n) is 10.3. The van der Waals surface area contributed by atoms with Gasteiger partial charge in [-0.25, -0.2) is 0 Å². The second-order valence-corrected chi connectivity index (χ2v) is 9.25. The second kappa shape index (κ2) is 8.06. The topological polar surface area (TPSA) is 88.8 Å². The molecule has 5 rings (SSSR count). The van der Waals surface area contributed by atoms with Crippen molar-refractivity contribution in [3.8, 4) is 0 Å². The highest BCUT2D eigenvalue weighted by molar-refractivity contribution is 7.13. The summed E-state index contributed by atoms with van der Waals surface area (Å²) in [6.45, 7) is 1.10. The van der Waals surface area contributed by atoms with Gasteiger partial charge in [0.15, 0.2) is 0 Å². The number of rotatable bonds is 2. The maximum Gasteiger partial charge on any atom is 0.120 e. The smallest absolute Gasteiger partial charge is 0.120 e. The van der Waals surface area contributed by atoms with Crippen LogP contribution in [0.15, 0.2) is 36.5 Å². The highest BCUT2D eigenvalue weighted by atomic mass is 35.5. The van der Waals surface area contributed by atoms with Crippen molar-refractivity contribution in [3.63, 3.8) is 0 Å². The zero-order valence-corrected chi connectivity index (χ0v) is 18.1. The first-order valence-corrected chi connectivity index (χ1v) is 11.4. The minimum absolute atomic E-state index is 0.140. The van der Waals surface area contributed by atoms with E-state index in [-0.39, 0.29) is 5.92 Å². The van der Waals surface area contributed by atoms with Crippen LogP contribution in [-0.4, -0.2) is 27.6 Å². The molecule has 0 atom stereocenters. The monoisotopic (exact) mass is 438 g/mol. The van der Waals surface area contributed by atoms with E-state index in [2.05, 4.69) is 16.4 Å². The third-order valence-corrected chi connectivity index (χ3v) is 7.21. The van der Waals surface area contributed by atoms with Gasteiger partial charge in [0.25, 0.3) is 0 Å². The minimum atomic E-state index is 0.140. The van der Waals surface area contributed by atoms with E-state index in [0.29, 0.717) is 35.7 Å². The van der Waals surface area contributed by atoms with Crippen LogP contribution in [-0.2, 0) is 6.54 Å². The van der Waals surface area contributed by atoms with Gasteiger partial charge in [0.05, 0.1) is 22.6 Å². The quantitative estimate of drug-likeness (QED) is 0.379. The molecule has 1 fully saturated rings. The molecular formula is C22H23ClN6S. The number of aromatic nitrogens is 2. The van der Waals surface area contributed by atoms with Gasteiger partial charge in [-0.2, -0.15) is 4.37 Å². The summed E-state index contributed by atoms with van der Waals surface area (Å²) in [7, 11) is 0. The Kier molecular flexibility index (Phi) is 5.26. The van der Waals surface area contributed by atoms with Crippen LogP contribution in [0.3, 0.4) is 0 Å². The Hall–Kier alpha value is -2.35. The Balaban J connectivity index is 1.35. The van der Waals surface area contributed by atoms with E-state index in [9.17, 15) is 0 Å². The van der Waals surface area contributed by atoms with E-state index in [4.69, 9.17) is 26.8 Å². The van der Waals surface area contributed by atoms with Crippen LogP contribution in [0.25, 0.3) is 10.2 Å². The van der Waals surface area contributed by atoms with Gasteiger partial charge < -0.3 is 5.32 Å². The number of hydrogen-bond donors (Lipinski definition) is 3. The second-order valence-electron chi connectivity index (χ2n) is 8.01. The highest BCUT2D eigenvalue weighted by Crippen LogP contribution is 2.40. The number of fused-ring (bicyclic) bond motifs is 2. The molecule has 6 nitrogen and oxygen atoms in total. The molecular weight excluding hydrogens is 416 g/mol. The maximum atomic E-state index is 8.96. The van der Waals surface area contributed by atoms with Crippen molar-refractivity contribution >= 4 is 50.7 Å². The number of amidine groups is 2. The van der Waals surface area contributed by atoms with Crippen LogP contribution in [0, 0.1) is 16.7 Å². The molecule has 30 heavy (non-hydrogen) atoms. The van der Waals surface area contributed by atoms with Gasteiger partial charge in [-0.1, -0.05) is 11.6 Å². The summed E-state index contributed by atoms with van der Waals surface area (Å²) in [6.07, 6.45) is 5.68. The number of anilines is 1. The Morgan fingerprint density at radius 1 is 1.17 bits per heavy atom. The van der Waals surface area contributed by atoms with E-state index >= 15 is 0 Å². The fraction of sp³-hybridized carbons (Fsp3) is 0.364. The van der Waals surface area contributed by atoms with E-state index < -0.39 is 0 Å². The Morgan fingerprint density at radius 3 is 2.83 bits per heavy atom. The van der Waals surface area contributed by atoms with Crippen LogP contribution >= 0.6 is 23.1 Å². The summed E-state index contributed by atoms with van der Waals surface area (Å²) < 4.78 is 5.84. The lowest BCUT2D eigenvalue weighted by molar-refractivity contribution is 0.387. The van der Waals surface area contributed by atoms with E-state index in [1.54, 1.807) is 0 Å². The molecule has 1 aromatic carbocycles. The van der Waals surface area contributed by atoms with Crippen molar-refractivity contribution in [1.82, 2.24) is 14.7 Å². The Bertz CT molecular complexity index is 1120. The molecule has 0 bridgehead atoms. The number of nitrogens with zero attached hydrogens (tertiary/aromatic N) is 3. The molecule has 0 amide bonds. The van der Waals surface area contributed by atoms with Crippen LogP contribution in [0.5, 0.6) is 0 Å². The largest absolute Gasteiger partial charge is 0.306 e. The molecule has 1 saturated carbocycles. The third-order valence-electron chi connectivity index (χ3n) is 6.16. The van der Waals surface area contributed by atoms with Crippen molar-refractivity contribution in [1.29, 1.82) is 10.8 Å². The lowest BCUT2D eigenvalue weighted by atomic mass is 9.79. The van der Waals surface area contributed by atoms with E-state index in [0.717, 1.165) is 52.8 Å². The minimum Gasteiger partial charge on any atom is -0.306 e. The van der Waals surface area contributed by atoms with Crippen LogP contribution in [0.4, 0.5) is 5.69 Å². The van der Waals surface area contributed by atoms with E-state index in [1.807, 2.05) is 35.4 Å². The van der Waals surface area contributed by atoms with Crippen molar-refractivity contribution in [2.24, 2.45) is 5.92 Å². The summed E-state index contributed by atoms with van der Waals surface area (Å²) in [4.78, 5) is 6.36. The number of benzene rings is 1. The average molecular weight is 439 g/mol. The SMILES string of the molecule is N=C1CNCc2cc(Cl)ccc2N1C(=N)C1CCC(c2nsc3cccnc23)CC1. The summed E-state index contributed by atoms with van der Waals surface area (Å²) in [5.41, 5.74) is 4.08. The third kappa shape index (κ3) is 3.51. The number of halogens is 1. The standard InChI is InChI=1S/C22H23ClN6S/c23-16-7-8-17-15(10-16)11-26-12-19(24)29(17)22(25)14-5-3-13(4-6-14)20-21-18(30-28-20)2-1-9-27-21/h1-2,7-10,13-14,24-26H,3-6,11-12H2. The molecule has 0 saturated heterocycles. The zero-order valence-electron chi connectivity index (χ0n) is 16.5. The lowest BCUT2D eigenvalue weighted by Crippen LogP contribution is -2.43. The average Bonchev–Trinajstić information content (AvgIpc) is 3.12. The number of nitrogens with one attached hydrogen (secondary N) is 3. The zero-order chi connectivity index (χ0) is 20.7. The molecule has 2 aromatic heterocycles. The van der Waals surface area contributed by atoms with Crippen LogP contribution in [0.2, 0.25) is 5.02 Å². The summed E-state index contributed by atoms with van der Waals surface area (Å²) in [5, 5.41) is 21.5. The molecule has 1 aliphatic heterocycles. The van der Waals surface area contributed by atoms with Gasteiger partial charge in [0.2, 0.25) is 0 Å². The molecule has 3 N–H and O–H groups in total. The normalized spacial score (nSPS) is 22.0. The van der Waals surface area contributed by atoms with Crippen LogP contribution < -0.4 is 10.2 Å². The fourth-order valence-corrected chi connectivity index (χ4v) is 5.63. The summed E-state index contributed by atoms with van der Waals surface area (Å²) >= 11 is 7.71. The van der Waals surface area contributed by atoms with Gasteiger partial charge in [-0.3, -0.25) is 20.7 Å². The fourth-order valence-electron chi connectivity index (χ4n) is 4.62. The van der Waals surface area contributed by atoms with Crippen molar-refractivity contribution in [2.75, 3.05) is 11.4 Å². The first-order chi connectivity index (χ1) is 14.6.